The lowest BCUT2D eigenvalue weighted by Gasteiger charge is -2.16. The van der Waals surface area contributed by atoms with Crippen molar-refractivity contribution in [1.29, 1.82) is 0 Å². The molecular formula is C13H9N5O4S. The Labute approximate surface area is 130 Å². The molecule has 0 spiro atoms. The number of nitrogens with two attached hydrogens (primary N) is 1. The number of nitrogens with one attached hydrogen (secondary N) is 1. The minimum Gasteiger partial charge on any atom is -0.463 e. The van der Waals surface area contributed by atoms with Crippen LogP contribution in [0.5, 0.6) is 0 Å². The van der Waals surface area contributed by atoms with E-state index >= 15 is 0 Å². The van der Waals surface area contributed by atoms with Crippen molar-refractivity contribution in [2.75, 3.05) is 4.72 Å². The topological polar surface area (TPSA) is 137 Å². The molecule has 3 aromatic rings. The quantitative estimate of drug-likeness (QED) is 0.723. The fourth-order valence-electron chi connectivity index (χ4n) is 2.17. The van der Waals surface area contributed by atoms with Crippen molar-refractivity contribution >= 4 is 21.9 Å². The van der Waals surface area contributed by atoms with E-state index in [4.69, 9.17) is 14.6 Å². The number of anilines is 1. The van der Waals surface area contributed by atoms with Gasteiger partial charge in [-0.3, -0.25) is 0 Å². The molecule has 4 rings (SSSR count). The average Bonchev–Trinajstić information content (AvgIpc) is 3.18. The summed E-state index contributed by atoms with van der Waals surface area (Å²) >= 11 is 0. The summed E-state index contributed by atoms with van der Waals surface area (Å²) in [4.78, 5) is 8.65. The molecule has 10 heteroatoms. The van der Waals surface area contributed by atoms with Crippen LogP contribution in [0.4, 0.5) is 5.82 Å². The summed E-state index contributed by atoms with van der Waals surface area (Å²) in [5.41, 5.74) is 6.50. The van der Waals surface area contributed by atoms with Crippen molar-refractivity contribution in [2.24, 2.45) is 10.1 Å². The zero-order valence-corrected chi connectivity index (χ0v) is 12.2. The van der Waals surface area contributed by atoms with Crippen molar-refractivity contribution in [3.63, 3.8) is 0 Å². The van der Waals surface area contributed by atoms with E-state index in [2.05, 4.69) is 19.1 Å². The van der Waals surface area contributed by atoms with E-state index in [1.54, 1.807) is 24.3 Å². The summed E-state index contributed by atoms with van der Waals surface area (Å²) in [7, 11) is -3.94. The lowest BCUT2D eigenvalue weighted by Crippen LogP contribution is -2.28. The highest BCUT2D eigenvalue weighted by molar-refractivity contribution is 7.91. The Kier molecular flexibility index (Phi) is 2.75. The maximum Gasteiger partial charge on any atom is 0.345 e. The van der Waals surface area contributed by atoms with Gasteiger partial charge in [0.05, 0.1) is 12.5 Å². The molecule has 0 bridgehead atoms. The van der Waals surface area contributed by atoms with Gasteiger partial charge in [0.1, 0.15) is 11.4 Å². The molecule has 0 saturated heterocycles. The number of nitrogens with zero attached hydrogens (tertiary/aromatic N) is 3. The first-order valence-corrected chi connectivity index (χ1v) is 7.86. The van der Waals surface area contributed by atoms with Crippen molar-refractivity contribution in [1.82, 2.24) is 9.97 Å². The Morgan fingerprint density at radius 2 is 1.57 bits per heavy atom. The Morgan fingerprint density at radius 3 is 2.13 bits per heavy atom. The largest absolute Gasteiger partial charge is 0.463 e. The molecule has 0 unspecified atom stereocenters. The summed E-state index contributed by atoms with van der Waals surface area (Å²) in [5, 5.41) is 0. The van der Waals surface area contributed by atoms with Crippen LogP contribution in [0.15, 0.2) is 50.0 Å². The Morgan fingerprint density at radius 1 is 0.957 bits per heavy atom. The van der Waals surface area contributed by atoms with Crippen LogP contribution < -0.4 is 10.5 Å². The summed E-state index contributed by atoms with van der Waals surface area (Å²) in [6, 6.07) is 6.76. The van der Waals surface area contributed by atoms with Gasteiger partial charge >= 0.3 is 10.2 Å². The number of amidine groups is 1. The zero-order valence-electron chi connectivity index (χ0n) is 11.4. The SMILES string of the molecule is NC1=NS(=O)(=O)Nc2nc(-c3ccco3)c(-c3ccco3)nc21. The summed E-state index contributed by atoms with van der Waals surface area (Å²) in [5.74, 6) is 0.587. The van der Waals surface area contributed by atoms with E-state index in [0.717, 1.165) is 0 Å². The number of furan rings is 2. The van der Waals surface area contributed by atoms with E-state index < -0.39 is 10.2 Å². The predicted molar refractivity (Wildman–Crippen MR) is 80.7 cm³/mol. The summed E-state index contributed by atoms with van der Waals surface area (Å²) in [6.07, 6.45) is 2.96. The predicted octanol–water partition coefficient (Wildman–Crippen LogP) is 1.37. The van der Waals surface area contributed by atoms with Crippen molar-refractivity contribution in [2.45, 2.75) is 0 Å². The van der Waals surface area contributed by atoms with Gasteiger partial charge in [-0.15, -0.1) is 4.40 Å². The van der Waals surface area contributed by atoms with E-state index in [1.165, 1.54) is 12.5 Å². The first kappa shape index (κ1) is 13.5. The second-order valence-electron chi connectivity index (χ2n) is 4.63. The van der Waals surface area contributed by atoms with Crippen molar-refractivity contribution in [3.05, 3.63) is 42.5 Å². The van der Waals surface area contributed by atoms with Gasteiger partial charge in [-0.05, 0) is 24.3 Å². The number of rotatable bonds is 2. The van der Waals surface area contributed by atoms with Gasteiger partial charge in [0.25, 0.3) is 0 Å². The molecule has 0 atom stereocenters. The molecule has 116 valence electrons. The molecule has 9 nitrogen and oxygen atoms in total. The van der Waals surface area contributed by atoms with E-state index in [1.807, 2.05) is 0 Å². The highest BCUT2D eigenvalue weighted by Crippen LogP contribution is 2.33. The van der Waals surface area contributed by atoms with Gasteiger partial charge in [0.15, 0.2) is 28.9 Å². The van der Waals surface area contributed by atoms with Crippen LogP contribution in [-0.4, -0.2) is 24.2 Å². The molecule has 1 aliphatic rings. The monoisotopic (exact) mass is 331 g/mol. The average molecular weight is 331 g/mol. The zero-order chi connectivity index (χ0) is 16.0. The maximum absolute atomic E-state index is 11.6. The van der Waals surface area contributed by atoms with E-state index in [0.29, 0.717) is 22.9 Å². The van der Waals surface area contributed by atoms with Gasteiger partial charge in [0.2, 0.25) is 0 Å². The van der Waals surface area contributed by atoms with Crippen LogP contribution in [0, 0.1) is 0 Å². The normalized spacial score (nSPS) is 15.6. The molecule has 0 saturated carbocycles. The Bertz CT molecular complexity index is 1010. The highest BCUT2D eigenvalue weighted by atomic mass is 32.2. The van der Waals surface area contributed by atoms with Gasteiger partial charge in [-0.2, -0.15) is 8.42 Å². The Hall–Kier alpha value is -3.14. The molecule has 3 aromatic heterocycles. The van der Waals surface area contributed by atoms with E-state index in [9.17, 15) is 8.42 Å². The van der Waals surface area contributed by atoms with Gasteiger partial charge < -0.3 is 14.6 Å². The molecule has 3 N–H and O–H groups in total. The summed E-state index contributed by atoms with van der Waals surface area (Å²) in [6.45, 7) is 0. The molecule has 1 aliphatic heterocycles. The van der Waals surface area contributed by atoms with Gasteiger partial charge in [-0.1, -0.05) is 0 Å². The third-order valence-corrected chi connectivity index (χ3v) is 3.98. The molecule has 0 aromatic carbocycles. The molecule has 0 aliphatic carbocycles. The number of fused-ring (bicyclic) bond motifs is 1. The van der Waals surface area contributed by atoms with Crippen LogP contribution in [0.25, 0.3) is 22.9 Å². The number of aromatic nitrogens is 2. The summed E-state index contributed by atoms with van der Waals surface area (Å²) < 4.78 is 39.6. The minimum absolute atomic E-state index is 0.0146. The standard InChI is InChI=1S/C13H9N5O4S/c14-12-11-13(18-23(19,20)17-12)16-10(8-4-2-6-22-8)9(15-11)7-3-1-5-21-7/h1-6H,(H2,14,17)(H,16,18). The Balaban J connectivity index is 2.01. The second-order valence-corrected chi connectivity index (χ2v) is 5.96. The van der Waals surface area contributed by atoms with Gasteiger partial charge in [0, 0.05) is 0 Å². The molecule has 0 amide bonds. The fraction of sp³-hybridized carbons (Fsp3) is 0. The van der Waals surface area contributed by atoms with Crippen molar-refractivity contribution < 1.29 is 17.3 Å². The van der Waals surface area contributed by atoms with Crippen LogP contribution >= 0.6 is 0 Å². The lowest BCUT2D eigenvalue weighted by atomic mass is 10.2. The van der Waals surface area contributed by atoms with Crippen LogP contribution in [0.3, 0.4) is 0 Å². The third-order valence-electron chi connectivity index (χ3n) is 3.09. The maximum atomic E-state index is 11.6. The molecule has 0 radical (unpaired) electrons. The molecule has 4 heterocycles. The third kappa shape index (κ3) is 2.25. The highest BCUT2D eigenvalue weighted by Gasteiger charge is 2.28. The van der Waals surface area contributed by atoms with E-state index in [-0.39, 0.29) is 17.3 Å². The first-order chi connectivity index (χ1) is 11.0. The molecule has 23 heavy (non-hydrogen) atoms. The lowest BCUT2D eigenvalue weighted by molar-refractivity contribution is 0.571. The fourth-order valence-corrected chi connectivity index (χ4v) is 2.95. The first-order valence-electron chi connectivity index (χ1n) is 6.42. The molecule has 0 fully saturated rings. The van der Waals surface area contributed by atoms with Crippen LogP contribution in [0.1, 0.15) is 5.69 Å². The van der Waals surface area contributed by atoms with Gasteiger partial charge in [-0.25, -0.2) is 14.7 Å². The van der Waals surface area contributed by atoms with Crippen molar-refractivity contribution in [3.8, 4) is 22.9 Å². The van der Waals surface area contributed by atoms with Crippen LogP contribution in [-0.2, 0) is 10.2 Å². The van der Waals surface area contributed by atoms with Crippen LogP contribution in [0.2, 0.25) is 0 Å². The number of hydrogen-bond donors (Lipinski definition) is 2. The minimum atomic E-state index is -3.94. The second kappa shape index (κ2) is 4.68. The number of hydrogen-bond acceptors (Lipinski definition) is 7. The smallest absolute Gasteiger partial charge is 0.345 e. The molecular weight excluding hydrogens is 322 g/mol.